The van der Waals surface area contributed by atoms with E-state index in [2.05, 4.69) is 26.6 Å². The Morgan fingerprint density at radius 2 is 1.93 bits per heavy atom. The fourth-order valence-corrected chi connectivity index (χ4v) is 3.37. The molecule has 0 saturated heterocycles. The molecule has 4 rings (SSSR count). The van der Waals surface area contributed by atoms with Crippen LogP contribution in [0.1, 0.15) is 32.1 Å². The Hall–Kier alpha value is -3.15. The summed E-state index contributed by atoms with van der Waals surface area (Å²) >= 11 is 0. The molecule has 0 spiro atoms. The minimum Gasteiger partial charge on any atom is -0.497 e. The predicted molar refractivity (Wildman–Crippen MR) is 109 cm³/mol. The van der Waals surface area contributed by atoms with Crippen LogP contribution in [0.3, 0.4) is 0 Å². The van der Waals surface area contributed by atoms with Crippen molar-refractivity contribution >= 4 is 5.82 Å². The summed E-state index contributed by atoms with van der Waals surface area (Å²) in [5, 5.41) is 11.8. The zero-order chi connectivity index (χ0) is 19.2. The molecule has 1 aliphatic carbocycles. The van der Waals surface area contributed by atoms with E-state index in [1.54, 1.807) is 13.3 Å². The minimum absolute atomic E-state index is 0.457. The van der Waals surface area contributed by atoms with Crippen molar-refractivity contribution < 1.29 is 9.15 Å². The number of nitrogens with zero attached hydrogens (tertiary/aromatic N) is 3. The van der Waals surface area contributed by atoms with E-state index in [0.29, 0.717) is 11.8 Å². The molecule has 28 heavy (non-hydrogen) atoms. The second-order valence-corrected chi connectivity index (χ2v) is 6.83. The molecule has 144 valence electrons. The smallest absolute Gasteiger partial charge is 0.251 e. The van der Waals surface area contributed by atoms with Gasteiger partial charge in [0.2, 0.25) is 5.89 Å². The van der Waals surface area contributed by atoms with Crippen LogP contribution in [-0.4, -0.2) is 28.8 Å². The van der Waals surface area contributed by atoms with Gasteiger partial charge < -0.3 is 14.5 Å². The highest BCUT2D eigenvalue weighted by molar-refractivity contribution is 5.69. The topological polar surface area (TPSA) is 73.1 Å². The third-order valence-corrected chi connectivity index (χ3v) is 4.92. The Labute approximate surface area is 164 Å². The molecule has 0 saturated carbocycles. The Morgan fingerprint density at radius 1 is 1.07 bits per heavy atom. The van der Waals surface area contributed by atoms with Gasteiger partial charge in [-0.25, -0.2) is 4.98 Å². The molecule has 0 unspecified atom stereocenters. The summed E-state index contributed by atoms with van der Waals surface area (Å²) in [6, 6.07) is 11.4. The first-order valence-corrected chi connectivity index (χ1v) is 9.68. The number of benzene rings is 1. The summed E-state index contributed by atoms with van der Waals surface area (Å²) in [5.41, 5.74) is 3.20. The molecule has 2 aromatic heterocycles. The quantitative estimate of drug-likeness (QED) is 0.578. The van der Waals surface area contributed by atoms with E-state index in [9.17, 15) is 0 Å². The Kier molecular flexibility index (Phi) is 5.66. The second-order valence-electron chi connectivity index (χ2n) is 6.83. The predicted octanol–water partition coefficient (Wildman–Crippen LogP) is 5.11. The van der Waals surface area contributed by atoms with Crippen LogP contribution >= 0.6 is 0 Å². The summed E-state index contributed by atoms with van der Waals surface area (Å²) in [4.78, 5) is 4.47. The second kappa shape index (κ2) is 8.69. The number of aromatic nitrogens is 3. The zero-order valence-electron chi connectivity index (χ0n) is 16.0. The van der Waals surface area contributed by atoms with Gasteiger partial charge >= 0.3 is 0 Å². The normalized spacial score (nSPS) is 13.8. The molecule has 1 aromatic carbocycles. The molecule has 0 amide bonds. The molecule has 0 fully saturated rings. The average molecular weight is 376 g/mol. The number of methoxy groups -OCH3 is 1. The van der Waals surface area contributed by atoms with E-state index >= 15 is 0 Å². The van der Waals surface area contributed by atoms with E-state index in [0.717, 1.165) is 35.7 Å². The standard InChI is InChI=1S/C22H24N4O2/c1-27-18-11-9-17(10-12-18)21-25-26-22(28-21)19-8-5-14-23-20(19)24-15-13-16-6-3-2-4-7-16/h5-6,8-12,14H,2-4,7,13,15H2,1H3,(H,23,24). The van der Waals surface area contributed by atoms with E-state index in [4.69, 9.17) is 9.15 Å². The molecular formula is C22H24N4O2. The maximum absolute atomic E-state index is 5.91. The maximum atomic E-state index is 5.91. The lowest BCUT2D eigenvalue weighted by Gasteiger charge is -2.13. The SMILES string of the molecule is COc1ccc(-c2nnc(-c3cccnc3NCCC3=CCCCC3)o2)cc1. The van der Waals surface area contributed by atoms with Crippen LogP contribution in [0.2, 0.25) is 0 Å². The van der Waals surface area contributed by atoms with Crippen LogP contribution in [-0.2, 0) is 0 Å². The Morgan fingerprint density at radius 3 is 2.71 bits per heavy atom. The number of rotatable bonds is 7. The number of allylic oxidation sites excluding steroid dienone is 1. The van der Waals surface area contributed by atoms with E-state index in [-0.39, 0.29) is 0 Å². The van der Waals surface area contributed by atoms with Gasteiger partial charge in [0, 0.05) is 18.3 Å². The summed E-state index contributed by atoms with van der Waals surface area (Å²) in [5.74, 6) is 2.48. The average Bonchev–Trinajstić information content (AvgIpc) is 3.25. The monoisotopic (exact) mass is 376 g/mol. The van der Waals surface area contributed by atoms with Gasteiger partial charge in [-0.15, -0.1) is 10.2 Å². The third kappa shape index (κ3) is 4.22. The van der Waals surface area contributed by atoms with Gasteiger partial charge in [0.15, 0.2) is 0 Å². The third-order valence-electron chi connectivity index (χ3n) is 4.92. The minimum atomic E-state index is 0.457. The molecule has 0 atom stereocenters. The van der Waals surface area contributed by atoms with Crippen molar-refractivity contribution in [3.8, 4) is 28.7 Å². The molecule has 6 nitrogen and oxygen atoms in total. The lowest BCUT2D eigenvalue weighted by Crippen LogP contribution is -2.06. The van der Waals surface area contributed by atoms with Gasteiger partial charge in [-0.2, -0.15) is 0 Å². The number of hydrogen-bond donors (Lipinski definition) is 1. The van der Waals surface area contributed by atoms with Crippen molar-refractivity contribution in [3.63, 3.8) is 0 Å². The molecule has 0 bridgehead atoms. The van der Waals surface area contributed by atoms with Crippen molar-refractivity contribution in [1.82, 2.24) is 15.2 Å². The lowest BCUT2D eigenvalue weighted by atomic mass is 9.97. The van der Waals surface area contributed by atoms with Gasteiger partial charge in [-0.1, -0.05) is 11.6 Å². The molecule has 6 heteroatoms. The molecule has 1 aliphatic rings. The van der Waals surface area contributed by atoms with Gasteiger partial charge in [0.1, 0.15) is 11.6 Å². The van der Waals surface area contributed by atoms with Crippen LogP contribution in [0.5, 0.6) is 5.75 Å². The van der Waals surface area contributed by atoms with Crippen molar-refractivity contribution in [2.75, 3.05) is 19.0 Å². The molecule has 2 heterocycles. The largest absolute Gasteiger partial charge is 0.497 e. The first kappa shape index (κ1) is 18.2. The van der Waals surface area contributed by atoms with Crippen molar-refractivity contribution in [3.05, 3.63) is 54.2 Å². The van der Waals surface area contributed by atoms with Crippen molar-refractivity contribution in [1.29, 1.82) is 0 Å². The molecule has 0 aliphatic heterocycles. The van der Waals surface area contributed by atoms with Gasteiger partial charge in [0.05, 0.1) is 12.7 Å². The molecular weight excluding hydrogens is 352 g/mol. The number of pyridine rings is 1. The lowest BCUT2D eigenvalue weighted by molar-refractivity contribution is 0.415. The Balaban J connectivity index is 1.48. The van der Waals surface area contributed by atoms with Crippen LogP contribution in [0.25, 0.3) is 22.9 Å². The number of anilines is 1. The van der Waals surface area contributed by atoms with Gasteiger partial charge in [0.25, 0.3) is 5.89 Å². The molecule has 1 N–H and O–H groups in total. The highest BCUT2D eigenvalue weighted by atomic mass is 16.5. The number of ether oxygens (including phenoxy) is 1. The summed E-state index contributed by atoms with van der Waals surface area (Å²) < 4.78 is 11.1. The Bertz CT molecular complexity index is 947. The first-order chi connectivity index (χ1) is 13.8. The van der Waals surface area contributed by atoms with Crippen LogP contribution < -0.4 is 10.1 Å². The van der Waals surface area contributed by atoms with Crippen molar-refractivity contribution in [2.45, 2.75) is 32.1 Å². The number of nitrogens with one attached hydrogen (secondary N) is 1. The first-order valence-electron chi connectivity index (χ1n) is 9.68. The summed E-state index contributed by atoms with van der Waals surface area (Å²) in [6.45, 7) is 0.843. The van der Waals surface area contributed by atoms with Crippen LogP contribution in [0.15, 0.2) is 58.7 Å². The van der Waals surface area contributed by atoms with E-state index < -0.39 is 0 Å². The fraction of sp³-hybridized carbons (Fsp3) is 0.318. The molecule has 3 aromatic rings. The van der Waals surface area contributed by atoms with Gasteiger partial charge in [-0.05, 0) is 68.5 Å². The number of hydrogen-bond acceptors (Lipinski definition) is 6. The van der Waals surface area contributed by atoms with E-state index in [1.807, 2.05) is 36.4 Å². The highest BCUT2D eigenvalue weighted by Crippen LogP contribution is 2.29. The molecule has 0 radical (unpaired) electrons. The van der Waals surface area contributed by atoms with E-state index in [1.165, 1.54) is 31.3 Å². The summed E-state index contributed by atoms with van der Waals surface area (Å²) in [7, 11) is 1.64. The highest BCUT2D eigenvalue weighted by Gasteiger charge is 2.15. The van der Waals surface area contributed by atoms with Crippen molar-refractivity contribution in [2.24, 2.45) is 0 Å². The zero-order valence-corrected chi connectivity index (χ0v) is 16.0. The maximum Gasteiger partial charge on any atom is 0.251 e. The summed E-state index contributed by atoms with van der Waals surface area (Å²) in [6.07, 6.45) is 10.2. The van der Waals surface area contributed by atoms with Crippen LogP contribution in [0.4, 0.5) is 5.82 Å². The van der Waals surface area contributed by atoms with Crippen LogP contribution in [0, 0.1) is 0 Å². The van der Waals surface area contributed by atoms with Gasteiger partial charge in [-0.3, -0.25) is 0 Å². The fourth-order valence-electron chi connectivity index (χ4n) is 3.37.